The standard InChI is InChI=1S/C16H25NO13S4/c1-26-16-13(17-34(24,25)11-8-6-5-7-9-11)15(30-33(4,22)23)14(29-32(3,20)21)12(28-16)10-27-31(2,18)19/h5-9,12-17H,10H2,1-4H3/t12-,13-,14+,15-,16-/m0/s1. The van der Waals surface area contributed by atoms with Crippen LogP contribution in [0.2, 0.25) is 0 Å². The zero-order valence-electron chi connectivity index (χ0n) is 18.4. The SMILES string of the molecule is CO[C@H]1O[C@@H](COS(C)(=O)=O)[C@@H](OS(C)(=O)=O)[C@@H](OS(C)(=O)=O)[C@@H]1NS(=O)(=O)c1ccccc1. The first-order chi connectivity index (χ1) is 15.4. The Morgan fingerprint density at radius 2 is 1.35 bits per heavy atom. The van der Waals surface area contributed by atoms with E-state index >= 15 is 0 Å². The lowest BCUT2D eigenvalue weighted by Gasteiger charge is -2.44. The Labute approximate surface area is 198 Å². The summed E-state index contributed by atoms with van der Waals surface area (Å²) in [6.07, 6.45) is -4.87. The molecule has 1 aromatic rings. The minimum absolute atomic E-state index is 0.203. The highest BCUT2D eigenvalue weighted by atomic mass is 32.2. The monoisotopic (exact) mass is 567 g/mol. The van der Waals surface area contributed by atoms with Gasteiger partial charge in [0.15, 0.2) is 6.29 Å². The Bertz CT molecular complexity index is 1260. The minimum Gasteiger partial charge on any atom is -0.354 e. The smallest absolute Gasteiger partial charge is 0.264 e. The molecule has 1 aliphatic rings. The van der Waals surface area contributed by atoms with Crippen LogP contribution in [0.25, 0.3) is 0 Å². The second kappa shape index (κ2) is 10.8. The van der Waals surface area contributed by atoms with Crippen LogP contribution >= 0.6 is 0 Å². The van der Waals surface area contributed by atoms with Crippen LogP contribution in [0.1, 0.15) is 0 Å². The number of ether oxygens (including phenoxy) is 2. The van der Waals surface area contributed by atoms with Gasteiger partial charge in [0.1, 0.15) is 24.4 Å². The number of benzene rings is 1. The summed E-state index contributed by atoms with van der Waals surface area (Å²) in [5.41, 5.74) is 0. The van der Waals surface area contributed by atoms with Crippen LogP contribution in [0.3, 0.4) is 0 Å². The molecular weight excluding hydrogens is 542 g/mol. The van der Waals surface area contributed by atoms with Gasteiger partial charge in [0.05, 0.1) is 30.3 Å². The van der Waals surface area contributed by atoms with E-state index in [1.54, 1.807) is 6.07 Å². The molecule has 1 fully saturated rings. The van der Waals surface area contributed by atoms with Crippen molar-refractivity contribution in [1.29, 1.82) is 0 Å². The molecule has 0 aromatic heterocycles. The number of sulfonamides is 1. The average molecular weight is 568 g/mol. The fraction of sp³-hybridized carbons (Fsp3) is 0.625. The number of nitrogens with one attached hydrogen (secondary N) is 1. The molecule has 0 amide bonds. The maximum Gasteiger partial charge on any atom is 0.264 e. The van der Waals surface area contributed by atoms with Crippen molar-refractivity contribution >= 4 is 40.4 Å². The van der Waals surface area contributed by atoms with E-state index in [0.717, 1.165) is 13.4 Å². The molecule has 0 unspecified atom stereocenters. The highest BCUT2D eigenvalue weighted by Crippen LogP contribution is 2.30. The van der Waals surface area contributed by atoms with E-state index in [0.29, 0.717) is 12.5 Å². The van der Waals surface area contributed by atoms with Gasteiger partial charge in [0.2, 0.25) is 10.0 Å². The van der Waals surface area contributed by atoms with Crippen LogP contribution in [0.5, 0.6) is 0 Å². The van der Waals surface area contributed by atoms with Crippen molar-refractivity contribution in [2.24, 2.45) is 0 Å². The predicted molar refractivity (Wildman–Crippen MR) is 116 cm³/mol. The van der Waals surface area contributed by atoms with Crippen LogP contribution in [-0.2, 0) is 62.4 Å². The molecule has 0 saturated carbocycles. The molecule has 0 radical (unpaired) electrons. The first-order valence-corrected chi connectivity index (χ1v) is 16.2. The fourth-order valence-corrected chi connectivity index (χ4v) is 5.94. The lowest BCUT2D eigenvalue weighted by molar-refractivity contribution is -0.248. The quantitative estimate of drug-likeness (QED) is 0.300. The van der Waals surface area contributed by atoms with Gasteiger partial charge in [0.25, 0.3) is 30.4 Å². The summed E-state index contributed by atoms with van der Waals surface area (Å²) < 4.78 is 124. The van der Waals surface area contributed by atoms with Crippen molar-refractivity contribution in [2.75, 3.05) is 32.5 Å². The van der Waals surface area contributed by atoms with Gasteiger partial charge in [-0.3, -0.25) is 12.5 Å². The van der Waals surface area contributed by atoms with Crippen molar-refractivity contribution in [3.05, 3.63) is 30.3 Å². The highest BCUT2D eigenvalue weighted by molar-refractivity contribution is 7.89. The molecule has 196 valence electrons. The maximum atomic E-state index is 12.9. The van der Waals surface area contributed by atoms with E-state index < -0.39 is 77.6 Å². The third-order valence-electron chi connectivity index (χ3n) is 4.24. The predicted octanol–water partition coefficient (Wildman–Crippen LogP) is -1.63. The first-order valence-electron chi connectivity index (χ1n) is 9.28. The largest absolute Gasteiger partial charge is 0.354 e. The summed E-state index contributed by atoms with van der Waals surface area (Å²) in [5, 5.41) is 0. The first kappa shape index (κ1) is 29.0. The molecule has 34 heavy (non-hydrogen) atoms. The summed E-state index contributed by atoms with van der Waals surface area (Å²) in [4.78, 5) is -0.203. The van der Waals surface area contributed by atoms with Crippen molar-refractivity contribution in [3.8, 4) is 0 Å². The van der Waals surface area contributed by atoms with E-state index in [2.05, 4.69) is 8.91 Å². The Balaban J connectivity index is 2.57. The van der Waals surface area contributed by atoms with Crippen molar-refractivity contribution in [3.63, 3.8) is 0 Å². The zero-order valence-corrected chi connectivity index (χ0v) is 21.7. The molecule has 14 nitrogen and oxygen atoms in total. The average Bonchev–Trinajstić information content (AvgIpc) is 2.67. The normalized spacial score (nSPS) is 26.9. The van der Waals surface area contributed by atoms with Gasteiger partial charge in [-0.05, 0) is 12.1 Å². The second-order valence-electron chi connectivity index (χ2n) is 7.26. The third-order valence-corrected chi connectivity index (χ3v) is 7.42. The zero-order chi connectivity index (χ0) is 25.9. The molecule has 2 rings (SSSR count). The molecule has 0 aliphatic carbocycles. The molecule has 1 aromatic carbocycles. The summed E-state index contributed by atoms with van der Waals surface area (Å²) in [6.45, 7) is -0.819. The van der Waals surface area contributed by atoms with E-state index in [9.17, 15) is 33.7 Å². The lowest BCUT2D eigenvalue weighted by atomic mass is 9.98. The molecule has 18 heteroatoms. The van der Waals surface area contributed by atoms with Crippen LogP contribution in [-0.4, -0.2) is 96.8 Å². The Morgan fingerprint density at radius 1 is 0.824 bits per heavy atom. The summed E-state index contributed by atoms with van der Waals surface area (Å²) >= 11 is 0. The van der Waals surface area contributed by atoms with Gasteiger partial charge in [-0.25, -0.2) is 13.1 Å². The van der Waals surface area contributed by atoms with Crippen molar-refractivity contribution in [2.45, 2.75) is 35.5 Å². The molecule has 1 aliphatic heterocycles. The Morgan fingerprint density at radius 3 is 1.82 bits per heavy atom. The molecule has 1 saturated heterocycles. The van der Waals surface area contributed by atoms with Gasteiger partial charge in [-0.2, -0.15) is 25.3 Å². The number of hydrogen-bond donors (Lipinski definition) is 1. The van der Waals surface area contributed by atoms with E-state index in [4.69, 9.17) is 17.8 Å². The summed E-state index contributed by atoms with van der Waals surface area (Å²) in [6, 6.07) is 5.31. The number of methoxy groups -OCH3 is 1. The Kier molecular flexibility index (Phi) is 9.22. The van der Waals surface area contributed by atoms with Crippen LogP contribution in [0.15, 0.2) is 35.2 Å². The van der Waals surface area contributed by atoms with E-state index in [-0.39, 0.29) is 4.90 Å². The molecule has 0 bridgehead atoms. The van der Waals surface area contributed by atoms with Gasteiger partial charge >= 0.3 is 0 Å². The van der Waals surface area contributed by atoms with Crippen LogP contribution in [0, 0.1) is 0 Å². The summed E-state index contributed by atoms with van der Waals surface area (Å²) in [7, 11) is -15.9. The van der Waals surface area contributed by atoms with Crippen LogP contribution < -0.4 is 4.72 Å². The van der Waals surface area contributed by atoms with Crippen molar-refractivity contribution < 1.29 is 55.7 Å². The third kappa shape index (κ3) is 8.77. The van der Waals surface area contributed by atoms with E-state index in [1.165, 1.54) is 24.3 Å². The Hall–Kier alpha value is -1.22. The number of hydrogen-bond acceptors (Lipinski definition) is 13. The van der Waals surface area contributed by atoms with Gasteiger partial charge in [0, 0.05) is 7.11 Å². The highest BCUT2D eigenvalue weighted by Gasteiger charge is 2.52. The molecule has 0 spiro atoms. The fourth-order valence-electron chi connectivity index (χ4n) is 3.04. The van der Waals surface area contributed by atoms with Crippen LogP contribution in [0.4, 0.5) is 0 Å². The maximum absolute atomic E-state index is 12.9. The van der Waals surface area contributed by atoms with E-state index in [1.807, 2.05) is 0 Å². The molecule has 1 heterocycles. The van der Waals surface area contributed by atoms with Gasteiger partial charge < -0.3 is 9.47 Å². The molecule has 1 N–H and O–H groups in total. The summed E-state index contributed by atoms with van der Waals surface area (Å²) in [5.74, 6) is 0. The molecular formula is C16H25NO13S4. The topological polar surface area (TPSA) is 195 Å². The molecule has 5 atom stereocenters. The number of rotatable bonds is 11. The lowest BCUT2D eigenvalue weighted by Crippen LogP contribution is -2.66. The van der Waals surface area contributed by atoms with Gasteiger partial charge in [-0.1, -0.05) is 18.2 Å². The second-order valence-corrected chi connectivity index (χ2v) is 13.8. The van der Waals surface area contributed by atoms with Gasteiger partial charge in [-0.15, -0.1) is 0 Å². The minimum atomic E-state index is -4.34. The van der Waals surface area contributed by atoms with Crippen molar-refractivity contribution in [1.82, 2.24) is 4.72 Å².